The summed E-state index contributed by atoms with van der Waals surface area (Å²) < 4.78 is 0. The molecule has 0 saturated heterocycles. The van der Waals surface area contributed by atoms with Crippen LogP contribution in [-0.4, -0.2) is 0 Å². The van der Waals surface area contributed by atoms with Crippen LogP contribution in [0.3, 0.4) is 0 Å². The zero-order valence-corrected chi connectivity index (χ0v) is 66.6. The molecule has 0 unspecified atom stereocenters. The van der Waals surface area contributed by atoms with Gasteiger partial charge in [0.2, 0.25) is 0 Å². The summed E-state index contributed by atoms with van der Waals surface area (Å²) in [5.74, 6) is 0.313. The van der Waals surface area contributed by atoms with Crippen molar-refractivity contribution in [2.24, 2.45) is 0 Å². The Morgan fingerprint density at radius 1 is 0.296 bits per heavy atom. The highest BCUT2D eigenvalue weighted by Crippen LogP contribution is 2.57. The van der Waals surface area contributed by atoms with Crippen LogP contribution in [0.25, 0.3) is 64.6 Å². The minimum Gasteiger partial charge on any atom is -0.309 e. The molecule has 0 heterocycles. The lowest BCUT2D eigenvalue weighted by molar-refractivity contribution is 0.475. The monoisotopic (exact) mass is 1410 g/mol. The van der Waals surface area contributed by atoms with E-state index in [1.165, 1.54) is 194 Å². The SMILES string of the molecule is Cc1cccc(C)c1N(c1ccccc1)c1ccc2ccc3c(N(c4ccccc4)c4c(C)cccc4C)ccc4ccc1c2c43.Cc1ccccc1N(c1cc(C(C)(C)C)ccc1C)c1cc(C(C)C)c2ccc3c(N(c4ccccc4C)c4cc(C(C)(C)C)ccc4C)cc4c5c(cc1c2c35)C(C)(C)CC4. The first-order valence-corrected chi connectivity index (χ1v) is 39.1. The fourth-order valence-corrected chi connectivity index (χ4v) is 17.8. The van der Waals surface area contributed by atoms with Gasteiger partial charge in [-0.25, -0.2) is 0 Å². The zero-order chi connectivity index (χ0) is 75.6. The van der Waals surface area contributed by atoms with E-state index in [-0.39, 0.29) is 16.2 Å². The van der Waals surface area contributed by atoms with Gasteiger partial charge in [-0.05, 0) is 279 Å². The quantitative estimate of drug-likeness (QED) is 0.107. The molecule has 0 aromatic heterocycles. The van der Waals surface area contributed by atoms with Gasteiger partial charge in [0.25, 0.3) is 0 Å². The van der Waals surface area contributed by atoms with Crippen LogP contribution in [0, 0.1) is 55.4 Å². The molecule has 0 spiro atoms. The van der Waals surface area contributed by atoms with Crippen molar-refractivity contribution in [3.05, 3.63) is 333 Å². The van der Waals surface area contributed by atoms with Gasteiger partial charge < -0.3 is 19.6 Å². The van der Waals surface area contributed by atoms with E-state index in [4.69, 9.17) is 0 Å². The molecule has 538 valence electrons. The molecule has 0 fully saturated rings. The Hall–Kier alpha value is -11.2. The average Bonchev–Trinajstić information content (AvgIpc) is 0.692. The molecular weight excluding hydrogens is 1310 g/mol. The van der Waals surface area contributed by atoms with Gasteiger partial charge in [0.1, 0.15) is 0 Å². The largest absolute Gasteiger partial charge is 0.309 e. The lowest BCUT2D eigenvalue weighted by Gasteiger charge is -2.38. The molecule has 0 aliphatic heterocycles. The first kappa shape index (κ1) is 71.1. The van der Waals surface area contributed by atoms with Crippen molar-refractivity contribution < 1.29 is 0 Å². The third-order valence-corrected chi connectivity index (χ3v) is 23.7. The van der Waals surface area contributed by atoms with Crippen molar-refractivity contribution in [3.63, 3.8) is 0 Å². The number of nitrogens with zero attached hydrogens (tertiary/aromatic N) is 4. The number of hydrogen-bond donors (Lipinski definition) is 0. The molecule has 0 bridgehead atoms. The molecule has 0 saturated carbocycles. The molecule has 16 aromatic carbocycles. The summed E-state index contributed by atoms with van der Waals surface area (Å²) in [6.07, 6.45) is 2.14. The van der Waals surface area contributed by atoms with E-state index in [1.54, 1.807) is 0 Å². The summed E-state index contributed by atoms with van der Waals surface area (Å²) in [5.41, 5.74) is 31.7. The Labute approximate surface area is 641 Å². The minimum absolute atomic E-state index is 0.000333. The topological polar surface area (TPSA) is 13.0 Å². The normalized spacial score (nSPS) is 13.0. The molecule has 0 radical (unpaired) electrons. The van der Waals surface area contributed by atoms with Crippen LogP contribution in [0.15, 0.2) is 261 Å². The molecule has 16 aromatic rings. The summed E-state index contributed by atoms with van der Waals surface area (Å²) >= 11 is 0. The smallest absolute Gasteiger partial charge is 0.0543 e. The maximum absolute atomic E-state index is 2.62. The van der Waals surface area contributed by atoms with Crippen molar-refractivity contribution in [1.29, 1.82) is 0 Å². The van der Waals surface area contributed by atoms with E-state index in [9.17, 15) is 0 Å². The second kappa shape index (κ2) is 27.2. The summed E-state index contributed by atoms with van der Waals surface area (Å²) in [6.45, 7) is 41.6. The highest BCUT2D eigenvalue weighted by Gasteiger charge is 2.36. The molecule has 1 aliphatic carbocycles. The first-order chi connectivity index (χ1) is 51.8. The maximum Gasteiger partial charge on any atom is 0.0543 e. The third kappa shape index (κ3) is 12.2. The molecule has 1 aliphatic rings. The molecular formula is C104H102N4. The lowest BCUT2D eigenvalue weighted by atomic mass is 9.70. The van der Waals surface area contributed by atoms with Gasteiger partial charge in [-0.3, -0.25) is 0 Å². The molecule has 4 nitrogen and oxygen atoms in total. The van der Waals surface area contributed by atoms with Crippen molar-refractivity contribution in [2.45, 2.75) is 160 Å². The van der Waals surface area contributed by atoms with E-state index in [2.05, 4.69) is 405 Å². The van der Waals surface area contributed by atoms with Gasteiger partial charge in [-0.15, -0.1) is 0 Å². The van der Waals surface area contributed by atoms with E-state index in [1.807, 2.05) is 0 Å². The zero-order valence-electron chi connectivity index (χ0n) is 66.6. The van der Waals surface area contributed by atoms with Crippen LogP contribution in [0.1, 0.15) is 154 Å². The standard InChI is InChI=1S/C60H66N2.C44H36N2/c1-36(2)46-35-54(62(50-22-18-16-20-38(50)4)52-33-43(59(10,11)12)26-24-40(52)6)47-34-48-55-41(29-30-60(48,13)14)31-53(45-28-27-44(46)56(47)57(45)55)61(49-21-17-15-19-37(49)3)51-32-42(58(7,8)9)25-23-39(51)5;1-29-13-11-14-30(2)43(29)45(35-17-7-5-8-18-35)39-27-23-33-22-26-38-40(28-24-34-21-25-37(39)41(33)42(34)38)46(36-19-9-6-10-20-36)44-31(3)15-12-16-32(44)4/h15-28,31-36H,29-30H2,1-14H3;5-28H,1-4H3. The molecule has 0 N–H and O–H groups in total. The summed E-state index contributed by atoms with van der Waals surface area (Å²) in [4.78, 5) is 10.1. The number of rotatable bonds is 13. The van der Waals surface area contributed by atoms with E-state index >= 15 is 0 Å². The van der Waals surface area contributed by atoms with Gasteiger partial charge in [-0.1, -0.05) is 251 Å². The predicted molar refractivity (Wildman–Crippen MR) is 470 cm³/mol. The molecule has 17 rings (SSSR count). The van der Waals surface area contributed by atoms with Gasteiger partial charge >= 0.3 is 0 Å². The number of aryl methyl sites for hydroxylation is 9. The summed E-state index contributed by atoms with van der Waals surface area (Å²) in [6, 6.07) is 98.0. The highest BCUT2D eigenvalue weighted by atomic mass is 15.2. The number of para-hydroxylation sites is 6. The van der Waals surface area contributed by atoms with Gasteiger partial charge in [-0.2, -0.15) is 0 Å². The van der Waals surface area contributed by atoms with Crippen molar-refractivity contribution in [2.75, 3.05) is 19.6 Å². The van der Waals surface area contributed by atoms with Crippen LogP contribution >= 0.6 is 0 Å². The van der Waals surface area contributed by atoms with Crippen molar-refractivity contribution in [1.82, 2.24) is 0 Å². The van der Waals surface area contributed by atoms with Gasteiger partial charge in [0.05, 0.1) is 34.1 Å². The minimum atomic E-state index is -0.00180. The fraction of sp³-hybridized carbons (Fsp3) is 0.231. The van der Waals surface area contributed by atoms with Crippen LogP contribution in [0.4, 0.5) is 68.2 Å². The second-order valence-corrected chi connectivity index (χ2v) is 34.0. The van der Waals surface area contributed by atoms with Crippen LogP contribution in [-0.2, 0) is 22.7 Å². The molecule has 0 amide bonds. The summed E-state index contributed by atoms with van der Waals surface area (Å²) in [5, 5.41) is 15.9. The van der Waals surface area contributed by atoms with Crippen molar-refractivity contribution in [3.8, 4) is 0 Å². The number of benzene rings is 16. The maximum atomic E-state index is 2.62. The third-order valence-electron chi connectivity index (χ3n) is 23.7. The van der Waals surface area contributed by atoms with Gasteiger partial charge in [0, 0.05) is 61.1 Å². The average molecular weight is 1410 g/mol. The van der Waals surface area contributed by atoms with Crippen molar-refractivity contribution >= 4 is 133 Å². The van der Waals surface area contributed by atoms with E-state index in [0.717, 1.165) is 24.2 Å². The second-order valence-electron chi connectivity index (χ2n) is 34.0. The molecule has 0 atom stereocenters. The van der Waals surface area contributed by atoms with Crippen LogP contribution < -0.4 is 19.6 Å². The number of hydrogen-bond acceptors (Lipinski definition) is 4. The Morgan fingerprint density at radius 3 is 1.13 bits per heavy atom. The lowest BCUT2D eigenvalue weighted by Crippen LogP contribution is -2.24. The van der Waals surface area contributed by atoms with E-state index in [0.29, 0.717) is 5.92 Å². The molecule has 4 heteroatoms. The number of anilines is 12. The van der Waals surface area contributed by atoms with E-state index < -0.39 is 0 Å². The Kier molecular flexibility index (Phi) is 17.9. The highest BCUT2D eigenvalue weighted by molar-refractivity contribution is 6.31. The van der Waals surface area contributed by atoms with Crippen LogP contribution in [0.5, 0.6) is 0 Å². The Morgan fingerprint density at radius 2 is 0.685 bits per heavy atom. The van der Waals surface area contributed by atoms with Gasteiger partial charge in [0.15, 0.2) is 0 Å². The predicted octanol–water partition coefficient (Wildman–Crippen LogP) is 30.5. The van der Waals surface area contributed by atoms with Crippen LogP contribution in [0.2, 0.25) is 0 Å². The molecule has 108 heavy (non-hydrogen) atoms. The Balaban J connectivity index is 0.000000172. The fourth-order valence-electron chi connectivity index (χ4n) is 17.8. The first-order valence-electron chi connectivity index (χ1n) is 39.1. The summed E-state index contributed by atoms with van der Waals surface area (Å²) in [7, 11) is 0. The Bertz CT molecular complexity index is 5930.